The molecular formula is C19H28Cl2O. The van der Waals surface area contributed by atoms with Gasteiger partial charge in [-0.3, -0.25) is 0 Å². The fraction of sp³-hybridized carbons (Fsp3) is 0.684. The Labute approximate surface area is 145 Å². The molecule has 1 unspecified atom stereocenters. The summed E-state index contributed by atoms with van der Waals surface area (Å²) in [6.45, 7) is 6.50. The molecule has 124 valence electrons. The number of aliphatic hydroxyl groups is 1. The summed E-state index contributed by atoms with van der Waals surface area (Å²) < 4.78 is 0. The first-order chi connectivity index (χ1) is 10.3. The lowest BCUT2D eigenvalue weighted by Gasteiger charge is -2.48. The smallest absolute Gasteiger partial charge is 0.0620 e. The molecule has 1 aliphatic carbocycles. The second-order valence-corrected chi connectivity index (χ2v) is 7.99. The quantitative estimate of drug-likeness (QED) is 0.657. The molecule has 0 amide bonds. The van der Waals surface area contributed by atoms with E-state index in [0.29, 0.717) is 16.0 Å². The van der Waals surface area contributed by atoms with Crippen LogP contribution < -0.4 is 0 Å². The van der Waals surface area contributed by atoms with Gasteiger partial charge in [0, 0.05) is 0 Å². The lowest BCUT2D eigenvalue weighted by Crippen LogP contribution is -2.44. The summed E-state index contributed by atoms with van der Waals surface area (Å²) in [4.78, 5) is 0. The van der Waals surface area contributed by atoms with Gasteiger partial charge in [0.15, 0.2) is 0 Å². The van der Waals surface area contributed by atoms with Crippen molar-refractivity contribution in [2.45, 2.75) is 76.7 Å². The standard InChI is InChI=1S/C19H28Cl2O/c1-4-6-14(5-2)19(11-9-18(3,22)10-12-19)15-7-8-16(20)17(21)13-15/h7-8,13-14,22H,4-6,9-12H2,1-3H3/t14?,18-,19+. The zero-order valence-corrected chi connectivity index (χ0v) is 15.5. The van der Waals surface area contributed by atoms with Crippen molar-refractivity contribution in [3.05, 3.63) is 33.8 Å². The third kappa shape index (κ3) is 3.63. The molecule has 0 bridgehead atoms. The summed E-state index contributed by atoms with van der Waals surface area (Å²) in [7, 11) is 0. The van der Waals surface area contributed by atoms with Crippen LogP contribution in [0.1, 0.15) is 71.3 Å². The van der Waals surface area contributed by atoms with Crippen LogP contribution in [0.3, 0.4) is 0 Å². The maximum absolute atomic E-state index is 10.4. The molecule has 1 aliphatic rings. The van der Waals surface area contributed by atoms with E-state index in [1.165, 1.54) is 18.4 Å². The van der Waals surface area contributed by atoms with Crippen LogP contribution in [0.2, 0.25) is 10.0 Å². The SMILES string of the molecule is CCCC(CC)[C@]1(c2ccc(Cl)c(Cl)c2)CC[C@@](C)(O)CC1. The van der Waals surface area contributed by atoms with Crippen LogP contribution in [0.4, 0.5) is 0 Å². The largest absolute Gasteiger partial charge is 0.390 e. The van der Waals surface area contributed by atoms with Gasteiger partial charge >= 0.3 is 0 Å². The van der Waals surface area contributed by atoms with E-state index in [9.17, 15) is 5.11 Å². The maximum Gasteiger partial charge on any atom is 0.0620 e. The fourth-order valence-corrected chi connectivity index (χ4v) is 4.49. The average molecular weight is 343 g/mol. The molecule has 1 atom stereocenters. The van der Waals surface area contributed by atoms with Gasteiger partial charge in [-0.15, -0.1) is 0 Å². The Kier molecular flexibility index (Phi) is 5.85. The van der Waals surface area contributed by atoms with E-state index in [0.717, 1.165) is 32.1 Å². The fourth-order valence-electron chi connectivity index (χ4n) is 4.19. The highest BCUT2D eigenvalue weighted by atomic mass is 35.5. The Bertz CT molecular complexity index is 500. The van der Waals surface area contributed by atoms with Crippen molar-refractivity contribution in [2.75, 3.05) is 0 Å². The van der Waals surface area contributed by atoms with Gasteiger partial charge in [0.05, 0.1) is 15.6 Å². The zero-order chi connectivity index (χ0) is 16.4. The van der Waals surface area contributed by atoms with Crippen LogP contribution >= 0.6 is 23.2 Å². The molecule has 1 fully saturated rings. The van der Waals surface area contributed by atoms with Gasteiger partial charge < -0.3 is 5.11 Å². The van der Waals surface area contributed by atoms with Crippen molar-refractivity contribution in [3.63, 3.8) is 0 Å². The van der Waals surface area contributed by atoms with Crippen LogP contribution in [-0.4, -0.2) is 10.7 Å². The molecule has 0 aliphatic heterocycles. The number of rotatable bonds is 5. The molecule has 1 N–H and O–H groups in total. The molecule has 0 spiro atoms. The lowest BCUT2D eigenvalue weighted by molar-refractivity contribution is -0.0139. The van der Waals surface area contributed by atoms with Crippen LogP contribution in [0.25, 0.3) is 0 Å². The normalized spacial score (nSPS) is 30.3. The van der Waals surface area contributed by atoms with Crippen molar-refractivity contribution in [1.82, 2.24) is 0 Å². The zero-order valence-electron chi connectivity index (χ0n) is 14.0. The van der Waals surface area contributed by atoms with Crippen molar-refractivity contribution in [2.24, 2.45) is 5.92 Å². The number of halogens is 2. The molecule has 0 aromatic heterocycles. The number of benzene rings is 1. The van der Waals surface area contributed by atoms with Gasteiger partial charge in [-0.25, -0.2) is 0 Å². The molecule has 0 radical (unpaired) electrons. The summed E-state index contributed by atoms with van der Waals surface area (Å²) in [5, 5.41) is 11.6. The molecule has 0 heterocycles. The Morgan fingerprint density at radius 2 is 1.73 bits per heavy atom. The molecule has 1 saturated carbocycles. The van der Waals surface area contributed by atoms with E-state index < -0.39 is 5.60 Å². The van der Waals surface area contributed by atoms with Gasteiger partial charge in [-0.2, -0.15) is 0 Å². The predicted octanol–water partition coefficient (Wildman–Crippen LogP) is 6.38. The van der Waals surface area contributed by atoms with Crippen LogP contribution in [0, 0.1) is 5.92 Å². The summed E-state index contributed by atoms with van der Waals surface area (Å²) in [5.41, 5.74) is 0.906. The first-order valence-corrected chi connectivity index (χ1v) is 9.28. The minimum absolute atomic E-state index is 0.126. The predicted molar refractivity (Wildman–Crippen MR) is 95.9 cm³/mol. The highest BCUT2D eigenvalue weighted by molar-refractivity contribution is 6.42. The van der Waals surface area contributed by atoms with E-state index in [4.69, 9.17) is 23.2 Å². The molecule has 1 aromatic rings. The monoisotopic (exact) mass is 342 g/mol. The minimum atomic E-state index is -0.524. The van der Waals surface area contributed by atoms with Crippen molar-refractivity contribution >= 4 is 23.2 Å². The summed E-state index contributed by atoms with van der Waals surface area (Å²) in [6.07, 6.45) is 7.33. The van der Waals surface area contributed by atoms with Crippen molar-refractivity contribution in [3.8, 4) is 0 Å². The first kappa shape index (κ1) is 18.1. The molecule has 1 nitrogen and oxygen atoms in total. The molecule has 22 heavy (non-hydrogen) atoms. The third-order valence-electron chi connectivity index (χ3n) is 5.63. The summed E-state index contributed by atoms with van der Waals surface area (Å²) in [5.74, 6) is 0.630. The molecular weight excluding hydrogens is 315 g/mol. The van der Waals surface area contributed by atoms with Gasteiger partial charge in [-0.1, -0.05) is 56.0 Å². The third-order valence-corrected chi connectivity index (χ3v) is 6.36. The molecule has 3 heteroatoms. The lowest BCUT2D eigenvalue weighted by atomic mass is 9.58. The highest BCUT2D eigenvalue weighted by Gasteiger charge is 2.44. The summed E-state index contributed by atoms with van der Waals surface area (Å²) in [6, 6.07) is 6.13. The van der Waals surface area contributed by atoms with Crippen molar-refractivity contribution < 1.29 is 5.11 Å². The summed E-state index contributed by atoms with van der Waals surface area (Å²) >= 11 is 12.4. The van der Waals surface area contributed by atoms with E-state index in [1.807, 2.05) is 13.0 Å². The number of hydrogen-bond donors (Lipinski definition) is 1. The van der Waals surface area contributed by atoms with E-state index >= 15 is 0 Å². The van der Waals surface area contributed by atoms with Gasteiger partial charge in [0.25, 0.3) is 0 Å². The van der Waals surface area contributed by atoms with Crippen LogP contribution in [0.15, 0.2) is 18.2 Å². The molecule has 2 rings (SSSR count). The van der Waals surface area contributed by atoms with Gasteiger partial charge in [-0.05, 0) is 68.1 Å². The molecule has 0 saturated heterocycles. The Balaban J connectivity index is 2.43. The second-order valence-electron chi connectivity index (χ2n) is 7.18. The maximum atomic E-state index is 10.4. The molecule has 1 aromatic carbocycles. The average Bonchev–Trinajstić information content (AvgIpc) is 2.48. The topological polar surface area (TPSA) is 20.2 Å². The minimum Gasteiger partial charge on any atom is -0.390 e. The highest BCUT2D eigenvalue weighted by Crippen LogP contribution is 2.51. The Morgan fingerprint density at radius 1 is 1.09 bits per heavy atom. The van der Waals surface area contributed by atoms with Crippen molar-refractivity contribution in [1.29, 1.82) is 0 Å². The Hall–Kier alpha value is -0.240. The van der Waals surface area contributed by atoms with Gasteiger partial charge in [0.1, 0.15) is 0 Å². The van der Waals surface area contributed by atoms with E-state index in [1.54, 1.807) is 0 Å². The number of hydrogen-bond acceptors (Lipinski definition) is 1. The van der Waals surface area contributed by atoms with E-state index in [2.05, 4.69) is 26.0 Å². The van der Waals surface area contributed by atoms with Crippen LogP contribution in [-0.2, 0) is 5.41 Å². The first-order valence-electron chi connectivity index (χ1n) is 8.52. The second kappa shape index (κ2) is 7.11. The van der Waals surface area contributed by atoms with E-state index in [-0.39, 0.29) is 5.41 Å². The van der Waals surface area contributed by atoms with Gasteiger partial charge in [0.2, 0.25) is 0 Å². The Morgan fingerprint density at radius 3 is 2.23 bits per heavy atom. The van der Waals surface area contributed by atoms with Crippen LogP contribution in [0.5, 0.6) is 0 Å².